The van der Waals surface area contributed by atoms with Crippen LogP contribution in [0.15, 0.2) is 28.9 Å². The summed E-state index contributed by atoms with van der Waals surface area (Å²) < 4.78 is 0. The predicted octanol–water partition coefficient (Wildman–Crippen LogP) is 0.576. The first-order valence-corrected chi connectivity index (χ1v) is 5.35. The lowest BCUT2D eigenvalue weighted by Crippen LogP contribution is -2.30. The molecule has 2 N–H and O–H groups in total. The van der Waals surface area contributed by atoms with E-state index < -0.39 is 0 Å². The summed E-state index contributed by atoms with van der Waals surface area (Å²) in [7, 11) is 0. The summed E-state index contributed by atoms with van der Waals surface area (Å²) in [6.45, 7) is 0.467. The molecule has 0 fully saturated rings. The van der Waals surface area contributed by atoms with Gasteiger partial charge in [0, 0.05) is 12.5 Å². The minimum atomic E-state index is -0.351. The Labute approximate surface area is 97.3 Å². The molecule has 16 heavy (non-hydrogen) atoms. The maximum Gasteiger partial charge on any atom is 0.346 e. The number of carbonyl (C=O) groups is 2. The summed E-state index contributed by atoms with van der Waals surface area (Å²) in [4.78, 5) is 25.7. The van der Waals surface area contributed by atoms with Gasteiger partial charge in [0.15, 0.2) is 0 Å². The number of alkyl halides is 1. The molecule has 2 aliphatic rings. The molecule has 1 unspecified atom stereocenters. The van der Waals surface area contributed by atoms with Crippen LogP contribution in [0.5, 0.6) is 0 Å². The van der Waals surface area contributed by atoms with Crippen molar-refractivity contribution in [2.45, 2.75) is 0 Å². The Morgan fingerprint density at radius 2 is 2.44 bits per heavy atom. The van der Waals surface area contributed by atoms with Crippen molar-refractivity contribution >= 4 is 29.3 Å². The van der Waals surface area contributed by atoms with E-state index in [0.29, 0.717) is 18.0 Å². The summed E-state index contributed by atoms with van der Waals surface area (Å²) >= 11 is 5.36. The van der Waals surface area contributed by atoms with Crippen LogP contribution in [0.4, 0.5) is 4.79 Å². The van der Waals surface area contributed by atoms with E-state index in [1.54, 1.807) is 6.08 Å². The van der Waals surface area contributed by atoms with Crippen LogP contribution in [0, 0.1) is 5.92 Å². The fourth-order valence-corrected chi connectivity index (χ4v) is 1.62. The Kier molecular flexibility index (Phi) is 3.05. The largest absolute Gasteiger partial charge is 0.354 e. The van der Waals surface area contributed by atoms with Crippen LogP contribution in [-0.2, 0) is 4.79 Å². The number of nitrogens with one attached hydrogen (secondary N) is 2. The molecule has 1 atom stereocenters. The molecule has 0 bridgehead atoms. The Morgan fingerprint density at radius 3 is 3.19 bits per heavy atom. The van der Waals surface area contributed by atoms with Crippen LogP contribution in [0.3, 0.4) is 0 Å². The van der Waals surface area contributed by atoms with Gasteiger partial charge in [-0.2, -0.15) is 4.99 Å². The third-order valence-electron chi connectivity index (χ3n) is 2.28. The third kappa shape index (κ3) is 2.30. The van der Waals surface area contributed by atoms with Crippen molar-refractivity contribution in [1.29, 1.82) is 0 Å². The standard InChI is InChI=1S/C10H10ClN3O2/c11-4-9(15)12-5-6-1-2-7-8(3-6)14-10(16)13-7/h1-3,6H,4-5H2,(H,12,15)(H,14,16). The molecule has 1 heterocycles. The molecular weight excluding hydrogens is 230 g/mol. The number of nitrogens with zero attached hydrogens (tertiary/aromatic N) is 1. The van der Waals surface area contributed by atoms with Crippen molar-refractivity contribution in [2.75, 3.05) is 12.4 Å². The number of allylic oxidation sites excluding steroid dienone is 1. The molecule has 84 valence electrons. The zero-order valence-corrected chi connectivity index (χ0v) is 9.12. The van der Waals surface area contributed by atoms with Crippen molar-refractivity contribution < 1.29 is 9.59 Å². The van der Waals surface area contributed by atoms with Gasteiger partial charge in [-0.25, -0.2) is 4.79 Å². The number of amides is 3. The van der Waals surface area contributed by atoms with Crippen molar-refractivity contribution in [3.05, 3.63) is 23.9 Å². The number of hydrogen-bond acceptors (Lipinski definition) is 2. The zero-order chi connectivity index (χ0) is 11.5. The topological polar surface area (TPSA) is 70.6 Å². The number of urea groups is 1. The van der Waals surface area contributed by atoms with Crippen LogP contribution in [0.25, 0.3) is 0 Å². The van der Waals surface area contributed by atoms with Crippen LogP contribution in [0.1, 0.15) is 0 Å². The van der Waals surface area contributed by atoms with Gasteiger partial charge in [0.2, 0.25) is 5.91 Å². The Morgan fingerprint density at radius 1 is 1.62 bits per heavy atom. The van der Waals surface area contributed by atoms with E-state index in [1.165, 1.54) is 0 Å². The van der Waals surface area contributed by atoms with Gasteiger partial charge in [-0.05, 0) is 12.2 Å². The lowest BCUT2D eigenvalue weighted by atomic mass is 10.00. The first-order valence-electron chi connectivity index (χ1n) is 4.82. The fourth-order valence-electron chi connectivity index (χ4n) is 1.52. The molecule has 1 aliphatic carbocycles. The van der Waals surface area contributed by atoms with E-state index in [-0.39, 0.29) is 23.7 Å². The van der Waals surface area contributed by atoms with E-state index in [0.717, 1.165) is 0 Å². The first-order chi connectivity index (χ1) is 7.69. The first kappa shape index (κ1) is 10.9. The fraction of sp³-hybridized carbons (Fsp3) is 0.300. The van der Waals surface area contributed by atoms with Gasteiger partial charge in [-0.15, -0.1) is 11.6 Å². The number of hydrogen-bond donors (Lipinski definition) is 2. The van der Waals surface area contributed by atoms with Crippen LogP contribution in [0.2, 0.25) is 0 Å². The highest BCUT2D eigenvalue weighted by atomic mass is 35.5. The number of aliphatic imine (C=N–C) groups is 1. The van der Waals surface area contributed by atoms with E-state index in [9.17, 15) is 9.59 Å². The van der Waals surface area contributed by atoms with Gasteiger partial charge in [-0.1, -0.05) is 6.08 Å². The SMILES string of the molecule is O=C(CCl)NCC1C=CC2=NC(=O)NC2=C1. The zero-order valence-electron chi connectivity index (χ0n) is 8.37. The second-order valence-corrected chi connectivity index (χ2v) is 3.74. The summed E-state index contributed by atoms with van der Waals surface area (Å²) in [6.07, 6.45) is 5.51. The van der Waals surface area contributed by atoms with Gasteiger partial charge in [-0.3, -0.25) is 4.79 Å². The van der Waals surface area contributed by atoms with Crippen molar-refractivity contribution in [2.24, 2.45) is 10.9 Å². The molecule has 0 saturated carbocycles. The van der Waals surface area contributed by atoms with E-state index in [1.807, 2.05) is 12.2 Å². The normalized spacial score (nSPS) is 22.1. The van der Waals surface area contributed by atoms with E-state index >= 15 is 0 Å². The average molecular weight is 240 g/mol. The monoisotopic (exact) mass is 239 g/mol. The maximum atomic E-state index is 11.0. The average Bonchev–Trinajstić information content (AvgIpc) is 2.65. The smallest absolute Gasteiger partial charge is 0.346 e. The molecule has 0 aromatic rings. The predicted molar refractivity (Wildman–Crippen MR) is 60.4 cm³/mol. The van der Waals surface area contributed by atoms with E-state index in [2.05, 4.69) is 15.6 Å². The van der Waals surface area contributed by atoms with Gasteiger partial charge in [0.05, 0.1) is 11.4 Å². The molecule has 0 radical (unpaired) electrons. The number of fused-ring (bicyclic) bond motifs is 1. The molecule has 2 rings (SSSR count). The second-order valence-electron chi connectivity index (χ2n) is 3.47. The van der Waals surface area contributed by atoms with Crippen molar-refractivity contribution in [1.82, 2.24) is 10.6 Å². The minimum Gasteiger partial charge on any atom is -0.354 e. The quantitative estimate of drug-likeness (QED) is 0.707. The molecule has 6 heteroatoms. The van der Waals surface area contributed by atoms with Gasteiger partial charge < -0.3 is 10.6 Å². The van der Waals surface area contributed by atoms with Crippen LogP contribution >= 0.6 is 11.6 Å². The molecule has 0 aromatic heterocycles. The van der Waals surface area contributed by atoms with Crippen LogP contribution in [-0.4, -0.2) is 30.1 Å². The molecule has 3 amide bonds. The highest BCUT2D eigenvalue weighted by Crippen LogP contribution is 2.16. The Balaban J connectivity index is 1.96. The van der Waals surface area contributed by atoms with Crippen molar-refractivity contribution in [3.63, 3.8) is 0 Å². The molecular formula is C10H10ClN3O2. The second kappa shape index (κ2) is 4.49. The Hall–Kier alpha value is -1.62. The molecule has 0 spiro atoms. The Bertz CT molecular complexity index is 426. The number of rotatable bonds is 3. The number of carbonyl (C=O) groups excluding carboxylic acids is 2. The number of halogens is 1. The lowest BCUT2D eigenvalue weighted by Gasteiger charge is -2.14. The van der Waals surface area contributed by atoms with Crippen LogP contribution < -0.4 is 10.6 Å². The van der Waals surface area contributed by atoms with Gasteiger partial charge >= 0.3 is 6.03 Å². The summed E-state index contributed by atoms with van der Waals surface area (Å²) in [5, 5.41) is 5.29. The van der Waals surface area contributed by atoms with Gasteiger partial charge in [0.25, 0.3) is 0 Å². The highest BCUT2D eigenvalue weighted by Gasteiger charge is 2.21. The lowest BCUT2D eigenvalue weighted by molar-refractivity contribution is -0.118. The molecule has 1 aliphatic heterocycles. The molecule has 0 aromatic carbocycles. The summed E-state index contributed by atoms with van der Waals surface area (Å²) in [6, 6.07) is -0.351. The maximum absolute atomic E-state index is 11.0. The molecule has 5 nitrogen and oxygen atoms in total. The van der Waals surface area contributed by atoms with E-state index in [4.69, 9.17) is 11.6 Å². The van der Waals surface area contributed by atoms with Gasteiger partial charge in [0.1, 0.15) is 5.88 Å². The third-order valence-corrected chi connectivity index (χ3v) is 2.52. The highest BCUT2D eigenvalue weighted by molar-refractivity contribution is 6.27. The molecule has 0 saturated heterocycles. The van der Waals surface area contributed by atoms with Crippen molar-refractivity contribution in [3.8, 4) is 0 Å². The summed E-state index contributed by atoms with van der Waals surface area (Å²) in [5.41, 5.74) is 1.35. The summed E-state index contributed by atoms with van der Waals surface area (Å²) in [5.74, 6) is -0.195. The minimum absolute atomic E-state index is 0.0452.